The van der Waals surface area contributed by atoms with Gasteiger partial charge in [-0.2, -0.15) is 0 Å². The van der Waals surface area contributed by atoms with Crippen molar-refractivity contribution >= 4 is 15.9 Å². The van der Waals surface area contributed by atoms with Gasteiger partial charge in [-0.05, 0) is 19.1 Å². The molecule has 0 amide bonds. The number of benzene rings is 1. The standard InChI is InChI=1S/C11H10BrNO/c1-8-2-4-9(5-3-8)11-13-7-10(6-12)14-11/h2-5,7H,6H2,1H3. The van der Waals surface area contributed by atoms with Crippen LogP contribution in [0.1, 0.15) is 11.3 Å². The van der Waals surface area contributed by atoms with Gasteiger partial charge in [0.2, 0.25) is 5.89 Å². The van der Waals surface area contributed by atoms with Gasteiger partial charge in [0.05, 0.1) is 11.5 Å². The second-order valence-corrected chi connectivity index (χ2v) is 3.69. The SMILES string of the molecule is Cc1ccc(-c2ncc(CBr)o2)cc1. The van der Waals surface area contributed by atoms with Crippen LogP contribution in [0.3, 0.4) is 0 Å². The summed E-state index contributed by atoms with van der Waals surface area (Å²) in [6, 6.07) is 8.12. The highest BCUT2D eigenvalue weighted by atomic mass is 79.9. The molecule has 0 saturated heterocycles. The van der Waals surface area contributed by atoms with Gasteiger partial charge in [-0.15, -0.1) is 0 Å². The highest BCUT2D eigenvalue weighted by Crippen LogP contribution is 2.20. The zero-order chi connectivity index (χ0) is 9.97. The summed E-state index contributed by atoms with van der Waals surface area (Å²) in [5, 5.41) is 0.700. The molecule has 0 atom stereocenters. The van der Waals surface area contributed by atoms with Crippen molar-refractivity contribution < 1.29 is 4.42 Å². The van der Waals surface area contributed by atoms with Crippen LogP contribution in [0.15, 0.2) is 34.9 Å². The monoisotopic (exact) mass is 251 g/mol. The summed E-state index contributed by atoms with van der Waals surface area (Å²) in [6.07, 6.45) is 1.74. The molecule has 0 aliphatic heterocycles. The van der Waals surface area contributed by atoms with E-state index in [2.05, 4.69) is 27.8 Å². The highest BCUT2D eigenvalue weighted by molar-refractivity contribution is 9.08. The van der Waals surface area contributed by atoms with Gasteiger partial charge in [0, 0.05) is 5.56 Å². The number of aromatic nitrogens is 1. The number of oxazole rings is 1. The first-order valence-electron chi connectivity index (χ1n) is 4.37. The smallest absolute Gasteiger partial charge is 0.226 e. The predicted molar refractivity (Wildman–Crippen MR) is 59.3 cm³/mol. The van der Waals surface area contributed by atoms with Crippen molar-refractivity contribution in [1.82, 2.24) is 4.98 Å². The van der Waals surface area contributed by atoms with Gasteiger partial charge >= 0.3 is 0 Å². The summed E-state index contributed by atoms with van der Waals surface area (Å²) < 4.78 is 5.50. The molecule has 0 unspecified atom stereocenters. The Balaban J connectivity index is 2.34. The van der Waals surface area contributed by atoms with Crippen molar-refractivity contribution in [1.29, 1.82) is 0 Å². The molecule has 2 aromatic rings. The fourth-order valence-corrected chi connectivity index (χ4v) is 1.46. The molecule has 1 heterocycles. The third-order valence-corrected chi connectivity index (χ3v) is 2.54. The summed E-state index contributed by atoms with van der Waals surface area (Å²) in [5.74, 6) is 1.53. The Bertz CT molecular complexity index is 419. The number of aryl methyl sites for hydroxylation is 1. The molecule has 3 heteroatoms. The fourth-order valence-electron chi connectivity index (χ4n) is 1.20. The van der Waals surface area contributed by atoms with Crippen molar-refractivity contribution in [3.05, 3.63) is 41.8 Å². The van der Waals surface area contributed by atoms with Crippen LogP contribution in [0.25, 0.3) is 11.5 Å². The minimum absolute atomic E-state index is 0.680. The van der Waals surface area contributed by atoms with Crippen LogP contribution in [0, 0.1) is 6.92 Å². The van der Waals surface area contributed by atoms with Gasteiger partial charge < -0.3 is 4.42 Å². The minimum Gasteiger partial charge on any atom is -0.440 e. The predicted octanol–water partition coefficient (Wildman–Crippen LogP) is 3.54. The van der Waals surface area contributed by atoms with Gasteiger partial charge in [0.1, 0.15) is 5.76 Å². The van der Waals surface area contributed by atoms with E-state index in [-0.39, 0.29) is 0 Å². The largest absolute Gasteiger partial charge is 0.440 e. The molecule has 72 valence electrons. The Kier molecular flexibility index (Phi) is 2.68. The molecule has 2 nitrogen and oxygen atoms in total. The van der Waals surface area contributed by atoms with Gasteiger partial charge in [-0.3, -0.25) is 0 Å². The first kappa shape index (κ1) is 9.46. The van der Waals surface area contributed by atoms with Crippen LogP contribution < -0.4 is 0 Å². The van der Waals surface area contributed by atoms with Crippen LogP contribution >= 0.6 is 15.9 Å². The average Bonchev–Trinajstić information content (AvgIpc) is 2.67. The zero-order valence-corrected chi connectivity index (χ0v) is 9.41. The molecule has 0 N–H and O–H groups in total. The van der Waals surface area contributed by atoms with Gasteiger partial charge in [-0.1, -0.05) is 33.6 Å². The summed E-state index contributed by atoms with van der Waals surface area (Å²) in [6.45, 7) is 2.06. The molecular formula is C11H10BrNO. The molecule has 0 saturated carbocycles. The lowest BCUT2D eigenvalue weighted by molar-refractivity contribution is 0.540. The lowest BCUT2D eigenvalue weighted by Gasteiger charge is -1.95. The van der Waals surface area contributed by atoms with E-state index < -0.39 is 0 Å². The third-order valence-electron chi connectivity index (χ3n) is 1.98. The van der Waals surface area contributed by atoms with E-state index in [1.54, 1.807) is 6.20 Å². The van der Waals surface area contributed by atoms with E-state index in [0.29, 0.717) is 11.2 Å². The average molecular weight is 252 g/mol. The van der Waals surface area contributed by atoms with E-state index in [4.69, 9.17) is 4.42 Å². The molecule has 0 aliphatic carbocycles. The highest BCUT2D eigenvalue weighted by Gasteiger charge is 2.04. The van der Waals surface area contributed by atoms with Crippen LogP contribution in [0.2, 0.25) is 0 Å². The number of hydrogen-bond acceptors (Lipinski definition) is 2. The van der Waals surface area contributed by atoms with E-state index >= 15 is 0 Å². The maximum Gasteiger partial charge on any atom is 0.226 e. The van der Waals surface area contributed by atoms with Crippen LogP contribution in [-0.2, 0) is 5.33 Å². The quantitative estimate of drug-likeness (QED) is 0.764. The molecule has 1 aromatic carbocycles. The maximum absolute atomic E-state index is 5.50. The Morgan fingerprint density at radius 1 is 1.29 bits per heavy atom. The van der Waals surface area contributed by atoms with Crippen LogP contribution in [0.5, 0.6) is 0 Å². The van der Waals surface area contributed by atoms with Crippen LogP contribution in [0.4, 0.5) is 0 Å². The van der Waals surface area contributed by atoms with Crippen LogP contribution in [-0.4, -0.2) is 4.98 Å². The first-order valence-corrected chi connectivity index (χ1v) is 5.49. The van der Waals surface area contributed by atoms with Gasteiger partial charge in [0.15, 0.2) is 0 Å². The van der Waals surface area contributed by atoms with Gasteiger partial charge in [-0.25, -0.2) is 4.98 Å². The van der Waals surface area contributed by atoms with Crippen molar-refractivity contribution in [2.24, 2.45) is 0 Å². The Morgan fingerprint density at radius 3 is 2.57 bits per heavy atom. The summed E-state index contributed by atoms with van der Waals surface area (Å²) in [7, 11) is 0. The summed E-state index contributed by atoms with van der Waals surface area (Å²) in [4.78, 5) is 4.19. The van der Waals surface area contributed by atoms with Crippen molar-refractivity contribution in [2.45, 2.75) is 12.3 Å². The Hall–Kier alpha value is -1.09. The van der Waals surface area contributed by atoms with E-state index in [0.717, 1.165) is 11.3 Å². The van der Waals surface area contributed by atoms with Crippen molar-refractivity contribution in [3.8, 4) is 11.5 Å². The third kappa shape index (κ3) is 1.87. The topological polar surface area (TPSA) is 26.0 Å². The molecular weight excluding hydrogens is 242 g/mol. The van der Waals surface area contributed by atoms with Crippen molar-refractivity contribution in [3.63, 3.8) is 0 Å². The second-order valence-electron chi connectivity index (χ2n) is 3.13. The van der Waals surface area contributed by atoms with E-state index in [1.165, 1.54) is 5.56 Å². The summed E-state index contributed by atoms with van der Waals surface area (Å²) >= 11 is 3.32. The zero-order valence-electron chi connectivity index (χ0n) is 7.83. The Labute approximate surface area is 91.1 Å². The normalized spacial score (nSPS) is 10.4. The molecule has 2 rings (SSSR count). The number of nitrogens with zero attached hydrogens (tertiary/aromatic N) is 1. The molecule has 14 heavy (non-hydrogen) atoms. The molecule has 0 fully saturated rings. The maximum atomic E-state index is 5.50. The minimum atomic E-state index is 0.680. The molecule has 0 spiro atoms. The van der Waals surface area contributed by atoms with E-state index in [9.17, 15) is 0 Å². The fraction of sp³-hybridized carbons (Fsp3) is 0.182. The number of rotatable bonds is 2. The number of hydrogen-bond donors (Lipinski definition) is 0. The Morgan fingerprint density at radius 2 is 2.00 bits per heavy atom. The van der Waals surface area contributed by atoms with E-state index in [1.807, 2.05) is 24.3 Å². The lowest BCUT2D eigenvalue weighted by Crippen LogP contribution is -1.76. The molecule has 0 aliphatic rings. The number of alkyl halides is 1. The molecule has 0 radical (unpaired) electrons. The molecule has 1 aromatic heterocycles. The molecule has 0 bridgehead atoms. The summed E-state index contributed by atoms with van der Waals surface area (Å²) in [5.41, 5.74) is 2.25. The van der Waals surface area contributed by atoms with Crippen molar-refractivity contribution in [2.75, 3.05) is 0 Å². The first-order chi connectivity index (χ1) is 6.79. The number of halogens is 1. The second kappa shape index (κ2) is 3.96. The van der Waals surface area contributed by atoms with Gasteiger partial charge in [0.25, 0.3) is 0 Å². The lowest BCUT2D eigenvalue weighted by atomic mass is 10.1.